The number of allylic oxidation sites excluding steroid dienone is 1. The highest BCUT2D eigenvalue weighted by Crippen LogP contribution is 2.62. The van der Waals surface area contributed by atoms with E-state index in [1.807, 2.05) is 30.3 Å². The van der Waals surface area contributed by atoms with E-state index < -0.39 is 17.7 Å². The van der Waals surface area contributed by atoms with Crippen molar-refractivity contribution in [2.75, 3.05) is 20.3 Å². The first-order chi connectivity index (χ1) is 21.0. The molecule has 0 amide bonds. The fourth-order valence-corrected chi connectivity index (χ4v) is 7.61. The van der Waals surface area contributed by atoms with Crippen LogP contribution < -0.4 is 4.74 Å². The van der Waals surface area contributed by atoms with Crippen molar-refractivity contribution >= 4 is 5.71 Å². The predicted octanol–water partition coefficient (Wildman–Crippen LogP) is 4.58. The fourth-order valence-electron chi connectivity index (χ4n) is 7.61. The molecule has 2 aromatic carbocycles. The minimum Gasteiger partial charge on any atom is -0.508 e. The zero-order valence-electron chi connectivity index (χ0n) is 24.4. The van der Waals surface area contributed by atoms with Crippen LogP contribution in [0.25, 0.3) is 11.3 Å². The summed E-state index contributed by atoms with van der Waals surface area (Å²) in [4.78, 5) is 5.37. The van der Waals surface area contributed by atoms with E-state index in [0.717, 1.165) is 53.8 Å². The molecule has 0 spiro atoms. The second-order valence-corrected chi connectivity index (χ2v) is 11.8. The van der Waals surface area contributed by atoms with Crippen LogP contribution in [0.4, 0.5) is 0 Å². The van der Waals surface area contributed by atoms with E-state index in [2.05, 4.69) is 21.5 Å². The number of nitrogens with zero attached hydrogens (tertiary/aromatic N) is 4. The SMILES string of the molecule is CON=C1CC(n2nncc2-c2ccccc2)C2(O)Oc3ccc(O)cc3C3C(CCCCO)C(CCCCO)C=C1C32. The zero-order chi connectivity index (χ0) is 30.0. The van der Waals surface area contributed by atoms with Crippen LogP contribution in [0.2, 0.25) is 0 Å². The molecular formula is C33H40N4O6. The van der Waals surface area contributed by atoms with Crippen molar-refractivity contribution in [3.63, 3.8) is 0 Å². The van der Waals surface area contributed by atoms with Crippen molar-refractivity contribution in [1.82, 2.24) is 15.0 Å². The molecule has 43 heavy (non-hydrogen) atoms. The third kappa shape index (κ3) is 5.32. The first-order valence-electron chi connectivity index (χ1n) is 15.2. The number of aromatic hydroxyl groups is 1. The lowest BCUT2D eigenvalue weighted by molar-refractivity contribution is -0.224. The van der Waals surface area contributed by atoms with Gasteiger partial charge in [-0.3, -0.25) is 0 Å². The molecule has 6 unspecified atom stereocenters. The van der Waals surface area contributed by atoms with Gasteiger partial charge in [0, 0.05) is 36.7 Å². The van der Waals surface area contributed by atoms with Crippen molar-refractivity contribution in [3.8, 4) is 22.8 Å². The number of ether oxygens (including phenoxy) is 1. The maximum atomic E-state index is 12.9. The van der Waals surface area contributed by atoms with Gasteiger partial charge in [0.2, 0.25) is 5.79 Å². The van der Waals surface area contributed by atoms with Crippen LogP contribution in [0.3, 0.4) is 0 Å². The average molecular weight is 589 g/mol. The van der Waals surface area contributed by atoms with E-state index >= 15 is 0 Å². The number of oxime groups is 1. The van der Waals surface area contributed by atoms with Gasteiger partial charge in [-0.25, -0.2) is 4.68 Å². The quantitative estimate of drug-likeness (QED) is 0.188. The number of hydrogen-bond acceptors (Lipinski definition) is 9. The highest BCUT2D eigenvalue weighted by atomic mass is 16.6. The number of phenols is 1. The topological polar surface area (TPSA) is 142 Å². The minimum atomic E-state index is -1.71. The molecule has 0 radical (unpaired) electrons. The van der Waals surface area contributed by atoms with Crippen molar-refractivity contribution in [3.05, 3.63) is 71.9 Å². The van der Waals surface area contributed by atoms with Crippen LogP contribution >= 0.6 is 0 Å². The lowest BCUT2D eigenvalue weighted by Gasteiger charge is -2.56. The summed E-state index contributed by atoms with van der Waals surface area (Å²) in [7, 11) is 1.52. The van der Waals surface area contributed by atoms with Gasteiger partial charge in [0.05, 0.1) is 23.5 Å². The van der Waals surface area contributed by atoms with Crippen molar-refractivity contribution < 1.29 is 30.0 Å². The number of aromatic nitrogens is 3. The van der Waals surface area contributed by atoms with Crippen LogP contribution in [0, 0.1) is 17.8 Å². The van der Waals surface area contributed by atoms with E-state index in [9.17, 15) is 20.4 Å². The fraction of sp³-hybridized carbons (Fsp3) is 0.485. The van der Waals surface area contributed by atoms with Gasteiger partial charge in [-0.05, 0) is 61.3 Å². The Balaban J connectivity index is 1.54. The molecule has 2 aliphatic carbocycles. The maximum absolute atomic E-state index is 12.9. The van der Waals surface area contributed by atoms with E-state index in [-0.39, 0.29) is 36.7 Å². The Kier molecular flexibility index (Phi) is 8.52. The summed E-state index contributed by atoms with van der Waals surface area (Å²) in [5, 5.41) is 55.9. The second-order valence-electron chi connectivity index (χ2n) is 11.8. The number of aliphatic hydroxyl groups excluding tert-OH is 2. The Labute approximate surface area is 251 Å². The van der Waals surface area contributed by atoms with Gasteiger partial charge in [-0.2, -0.15) is 0 Å². The lowest BCUT2D eigenvalue weighted by atomic mass is 9.55. The highest BCUT2D eigenvalue weighted by molar-refractivity contribution is 6.02. The molecule has 1 aromatic heterocycles. The van der Waals surface area contributed by atoms with Crippen LogP contribution in [-0.2, 0) is 4.84 Å². The Morgan fingerprint density at radius 3 is 2.56 bits per heavy atom. The van der Waals surface area contributed by atoms with Crippen LogP contribution in [0.15, 0.2) is 71.5 Å². The molecule has 228 valence electrons. The van der Waals surface area contributed by atoms with Gasteiger partial charge in [-0.1, -0.05) is 59.6 Å². The first kappa shape index (κ1) is 29.3. The average Bonchev–Trinajstić information content (AvgIpc) is 3.50. The lowest BCUT2D eigenvalue weighted by Crippen LogP contribution is -2.62. The number of fused-ring (bicyclic) bond motifs is 2. The third-order valence-electron chi connectivity index (χ3n) is 9.40. The summed E-state index contributed by atoms with van der Waals surface area (Å²) < 4.78 is 8.37. The molecule has 1 fully saturated rings. The van der Waals surface area contributed by atoms with Crippen LogP contribution in [0.5, 0.6) is 11.5 Å². The number of unbranched alkanes of at least 4 members (excludes halogenated alkanes) is 2. The number of phenolic OH excluding ortho intramolecular Hbond substituents is 1. The summed E-state index contributed by atoms with van der Waals surface area (Å²) in [5.41, 5.74) is 4.11. The molecular weight excluding hydrogens is 548 g/mol. The van der Waals surface area contributed by atoms with Crippen LogP contribution in [0.1, 0.15) is 62.5 Å². The molecule has 4 N–H and O–H groups in total. The molecule has 1 aliphatic heterocycles. The Morgan fingerprint density at radius 1 is 1.05 bits per heavy atom. The molecule has 3 aliphatic rings. The van der Waals surface area contributed by atoms with Crippen LogP contribution in [-0.4, -0.2) is 67.2 Å². The number of hydrogen-bond donors (Lipinski definition) is 4. The molecule has 0 bridgehead atoms. The molecule has 0 saturated heterocycles. The zero-order valence-corrected chi connectivity index (χ0v) is 24.4. The minimum absolute atomic E-state index is 0.0850. The normalized spacial score (nSPS) is 28.5. The molecule has 1 saturated carbocycles. The van der Waals surface area contributed by atoms with Gasteiger partial charge < -0.3 is 30.0 Å². The Hall–Kier alpha value is -3.73. The second kappa shape index (κ2) is 12.5. The monoisotopic (exact) mass is 588 g/mol. The molecule has 6 atom stereocenters. The third-order valence-corrected chi connectivity index (χ3v) is 9.40. The smallest absolute Gasteiger partial charge is 0.238 e. The summed E-state index contributed by atoms with van der Waals surface area (Å²) in [5.74, 6) is -1.58. The number of benzene rings is 2. The number of rotatable bonds is 11. The molecule has 10 heteroatoms. The van der Waals surface area contributed by atoms with Gasteiger partial charge in [-0.15, -0.1) is 5.10 Å². The predicted molar refractivity (Wildman–Crippen MR) is 160 cm³/mol. The van der Waals surface area contributed by atoms with Gasteiger partial charge >= 0.3 is 0 Å². The summed E-state index contributed by atoms with van der Waals surface area (Å²) in [6, 6.07) is 14.2. The van der Waals surface area contributed by atoms with E-state index in [1.54, 1.807) is 29.1 Å². The van der Waals surface area contributed by atoms with E-state index in [0.29, 0.717) is 25.0 Å². The molecule has 10 nitrogen and oxygen atoms in total. The van der Waals surface area contributed by atoms with Gasteiger partial charge in [0.25, 0.3) is 0 Å². The first-order valence-corrected chi connectivity index (χ1v) is 15.2. The Bertz CT molecular complexity index is 1470. The standard InChI is InChI=1S/C33H40N4O6/c1-42-35-27-19-30(37-28(20-34-36-37)21-9-3-2-4-10-21)33(41)32-25(27)17-22(11-5-7-15-38)24(12-6-8-16-39)31(32)26-18-23(40)13-14-29(26)43-33/h2-4,9-10,13-14,17-18,20,22,24,30-32,38-41H,5-8,11-12,15-16,19H2,1H3. The van der Waals surface area contributed by atoms with Crippen molar-refractivity contribution in [2.45, 2.75) is 62.7 Å². The Morgan fingerprint density at radius 2 is 1.81 bits per heavy atom. The summed E-state index contributed by atoms with van der Waals surface area (Å²) >= 11 is 0. The van der Waals surface area contributed by atoms with E-state index in [1.165, 1.54) is 7.11 Å². The molecule has 6 rings (SSSR count). The number of aliphatic hydroxyl groups is 3. The molecule has 2 heterocycles. The summed E-state index contributed by atoms with van der Waals surface area (Å²) in [6.07, 6.45) is 8.96. The highest BCUT2D eigenvalue weighted by Gasteiger charge is 2.63. The maximum Gasteiger partial charge on any atom is 0.238 e. The summed E-state index contributed by atoms with van der Waals surface area (Å²) in [6.45, 7) is 0.247. The van der Waals surface area contributed by atoms with Gasteiger partial charge in [0.15, 0.2) is 0 Å². The van der Waals surface area contributed by atoms with Crippen molar-refractivity contribution in [2.24, 2.45) is 22.9 Å². The van der Waals surface area contributed by atoms with Crippen molar-refractivity contribution in [1.29, 1.82) is 0 Å². The van der Waals surface area contributed by atoms with Gasteiger partial charge in [0.1, 0.15) is 24.7 Å². The van der Waals surface area contributed by atoms with E-state index in [4.69, 9.17) is 9.57 Å². The largest absolute Gasteiger partial charge is 0.508 e. The molecule has 3 aromatic rings.